The minimum atomic E-state index is -1.19. The summed E-state index contributed by atoms with van der Waals surface area (Å²) < 4.78 is 23.2. The van der Waals surface area contributed by atoms with Crippen molar-refractivity contribution in [2.24, 2.45) is 11.8 Å². The molecule has 1 aromatic heterocycles. The average molecular weight is 668 g/mol. The maximum absolute atomic E-state index is 14.3. The summed E-state index contributed by atoms with van der Waals surface area (Å²) in [5.41, 5.74) is 4.51. The summed E-state index contributed by atoms with van der Waals surface area (Å²) in [4.78, 5) is 42.2. The summed E-state index contributed by atoms with van der Waals surface area (Å²) in [6.07, 6.45) is -0.0353. The number of aliphatic hydroxyl groups is 1. The molecule has 2 amide bonds. The molecule has 0 aliphatic carbocycles. The van der Waals surface area contributed by atoms with Gasteiger partial charge in [-0.2, -0.15) is 0 Å². The van der Waals surface area contributed by atoms with Gasteiger partial charge in [-0.05, 0) is 48.4 Å². The van der Waals surface area contributed by atoms with Crippen LogP contribution in [-0.4, -0.2) is 66.4 Å². The molecule has 0 unspecified atom stereocenters. The summed E-state index contributed by atoms with van der Waals surface area (Å²) >= 11 is 0. The number of aryl methyl sites for hydroxylation is 2. The maximum atomic E-state index is 14.3. The Kier molecular flexibility index (Phi) is 12.5. The van der Waals surface area contributed by atoms with Crippen molar-refractivity contribution in [1.82, 2.24) is 4.90 Å². The number of carbonyl (C=O) groups is 3. The van der Waals surface area contributed by atoms with E-state index in [2.05, 4.69) is 0 Å². The van der Waals surface area contributed by atoms with E-state index in [-0.39, 0.29) is 37.9 Å². The molecule has 3 atom stereocenters. The molecule has 3 aromatic carbocycles. The zero-order chi connectivity index (χ0) is 34.8. The Morgan fingerprint density at radius 2 is 1.67 bits per heavy atom. The highest BCUT2D eigenvalue weighted by Gasteiger charge is 2.45. The predicted octanol–water partition coefficient (Wildman–Crippen LogP) is 6.83. The van der Waals surface area contributed by atoms with Gasteiger partial charge in [0.05, 0.1) is 25.9 Å². The second-order valence-electron chi connectivity index (χ2n) is 12.8. The van der Waals surface area contributed by atoms with Crippen molar-refractivity contribution in [3.8, 4) is 11.1 Å². The lowest BCUT2D eigenvalue weighted by Gasteiger charge is -2.26. The Labute approximate surface area is 287 Å². The van der Waals surface area contributed by atoms with Gasteiger partial charge in [-0.25, -0.2) is 9.69 Å². The number of ketones is 1. The van der Waals surface area contributed by atoms with E-state index in [0.717, 1.165) is 32.7 Å². The number of Topliss-reactive ketones (excluding diaryl/α,β-unsaturated/α-hetero) is 1. The number of carbonyl (C=O) groups excluding carboxylic acids is 3. The number of rotatable bonds is 17. The molecule has 5 rings (SSSR count). The van der Waals surface area contributed by atoms with Crippen molar-refractivity contribution in [3.63, 3.8) is 0 Å². The molecule has 1 aliphatic rings. The number of furan rings is 1. The second-order valence-corrected chi connectivity index (χ2v) is 12.8. The highest BCUT2D eigenvalue weighted by molar-refractivity contribution is 6.12. The number of ether oxygens (including phenoxy) is 3. The molecular weight excluding hydrogens is 622 g/mol. The Balaban J connectivity index is 1.33. The van der Waals surface area contributed by atoms with Gasteiger partial charge in [0.2, 0.25) is 11.7 Å². The Morgan fingerprint density at radius 3 is 2.35 bits per heavy atom. The number of cyclic esters (lactones) is 1. The lowest BCUT2D eigenvalue weighted by atomic mass is 9.91. The number of aliphatic hydroxyl groups excluding tert-OH is 1. The van der Waals surface area contributed by atoms with Crippen LogP contribution in [0, 0.1) is 18.8 Å². The first-order chi connectivity index (χ1) is 23.7. The largest absolute Gasteiger partial charge is 0.457 e. The Hall–Kier alpha value is -4.57. The molecule has 1 fully saturated rings. The van der Waals surface area contributed by atoms with Crippen LogP contribution in [0.3, 0.4) is 0 Å². The number of hydrogen-bond donors (Lipinski definition) is 1. The monoisotopic (exact) mass is 667 g/mol. The molecule has 2 heterocycles. The maximum Gasteiger partial charge on any atom is 0.417 e. The molecule has 1 aliphatic heterocycles. The van der Waals surface area contributed by atoms with E-state index >= 15 is 0 Å². The first kappa shape index (κ1) is 35.7. The molecule has 1 N–H and O–H groups in total. The van der Waals surface area contributed by atoms with Crippen molar-refractivity contribution < 1.29 is 38.1 Å². The van der Waals surface area contributed by atoms with Crippen LogP contribution in [-0.2, 0) is 38.5 Å². The van der Waals surface area contributed by atoms with E-state index in [9.17, 15) is 19.5 Å². The van der Waals surface area contributed by atoms with Crippen LogP contribution in [0.2, 0.25) is 0 Å². The minimum Gasteiger partial charge on any atom is -0.457 e. The van der Waals surface area contributed by atoms with Crippen molar-refractivity contribution in [2.75, 3.05) is 26.4 Å². The molecule has 258 valence electrons. The molecule has 49 heavy (non-hydrogen) atoms. The van der Waals surface area contributed by atoms with Crippen LogP contribution in [0.5, 0.6) is 0 Å². The molecule has 0 bridgehead atoms. The van der Waals surface area contributed by atoms with Crippen LogP contribution in [0.4, 0.5) is 4.79 Å². The van der Waals surface area contributed by atoms with Crippen LogP contribution >= 0.6 is 0 Å². The highest BCUT2D eigenvalue weighted by atomic mass is 16.6. The van der Waals surface area contributed by atoms with E-state index in [4.69, 9.17) is 18.6 Å². The van der Waals surface area contributed by atoms with Gasteiger partial charge in [0.15, 0.2) is 5.76 Å². The minimum absolute atomic E-state index is 0.0451. The lowest BCUT2D eigenvalue weighted by Crippen LogP contribution is -2.47. The van der Waals surface area contributed by atoms with Crippen molar-refractivity contribution in [1.29, 1.82) is 0 Å². The standard InChI is InChI=1S/C40H45NO8/c1-27(2)35-26-48-40(45)41(35)39(44)34(21-29-13-6-4-7-14-29)38(43)37-22-33(31-17-10-12-28(3)20-31)36(49-37)18-11-19-46-25-32(23-42)47-24-30-15-8-5-9-16-30/h4-10,12-17,20,22,27,32,34-35,42H,11,18-19,21,23-26H2,1-3H3/t32-,34+,35+/m1/s1. The van der Waals surface area contributed by atoms with Gasteiger partial charge in [-0.1, -0.05) is 104 Å². The van der Waals surface area contributed by atoms with Crippen molar-refractivity contribution in [3.05, 3.63) is 119 Å². The van der Waals surface area contributed by atoms with E-state index in [0.29, 0.717) is 31.8 Å². The lowest BCUT2D eigenvalue weighted by molar-refractivity contribution is -0.132. The highest BCUT2D eigenvalue weighted by Crippen LogP contribution is 2.32. The van der Waals surface area contributed by atoms with Gasteiger partial charge in [0.25, 0.3) is 0 Å². The van der Waals surface area contributed by atoms with Crippen LogP contribution in [0.15, 0.2) is 95.4 Å². The van der Waals surface area contributed by atoms with Gasteiger partial charge in [-0.3, -0.25) is 9.59 Å². The van der Waals surface area contributed by atoms with E-state index in [1.807, 2.05) is 106 Å². The first-order valence-electron chi connectivity index (χ1n) is 16.9. The molecule has 4 aromatic rings. The van der Waals surface area contributed by atoms with Gasteiger partial charge in [0.1, 0.15) is 24.4 Å². The van der Waals surface area contributed by atoms with Crippen LogP contribution in [0.25, 0.3) is 11.1 Å². The molecular formula is C40H45NO8. The summed E-state index contributed by atoms with van der Waals surface area (Å²) in [7, 11) is 0. The number of imide groups is 1. The third kappa shape index (κ3) is 9.32. The smallest absolute Gasteiger partial charge is 0.417 e. The molecule has 1 saturated heterocycles. The van der Waals surface area contributed by atoms with Gasteiger partial charge >= 0.3 is 6.09 Å². The fourth-order valence-electron chi connectivity index (χ4n) is 5.95. The summed E-state index contributed by atoms with van der Waals surface area (Å²) in [5, 5.41) is 9.78. The average Bonchev–Trinajstić information content (AvgIpc) is 3.72. The van der Waals surface area contributed by atoms with Crippen molar-refractivity contribution >= 4 is 17.8 Å². The Morgan fingerprint density at radius 1 is 0.959 bits per heavy atom. The summed E-state index contributed by atoms with van der Waals surface area (Å²) in [6.45, 7) is 6.75. The van der Waals surface area contributed by atoms with Crippen LogP contribution < -0.4 is 0 Å². The number of benzene rings is 3. The second kappa shape index (κ2) is 17.2. The zero-order valence-corrected chi connectivity index (χ0v) is 28.4. The zero-order valence-electron chi connectivity index (χ0n) is 28.4. The summed E-state index contributed by atoms with van der Waals surface area (Å²) in [6, 6.07) is 28.2. The fourth-order valence-corrected chi connectivity index (χ4v) is 5.95. The Bertz CT molecular complexity index is 1680. The van der Waals surface area contributed by atoms with Crippen molar-refractivity contribution in [2.45, 2.75) is 58.8 Å². The first-order valence-corrected chi connectivity index (χ1v) is 16.9. The molecule has 0 spiro atoms. The topological polar surface area (TPSA) is 116 Å². The van der Waals surface area contributed by atoms with E-state index < -0.39 is 35.8 Å². The predicted molar refractivity (Wildman–Crippen MR) is 185 cm³/mol. The normalized spacial score (nSPS) is 15.7. The van der Waals surface area contributed by atoms with E-state index in [1.54, 1.807) is 6.07 Å². The van der Waals surface area contributed by atoms with E-state index in [1.165, 1.54) is 0 Å². The number of hydrogen-bond acceptors (Lipinski definition) is 8. The number of amides is 2. The fraction of sp³-hybridized carbons (Fsp3) is 0.375. The number of nitrogens with zero attached hydrogens (tertiary/aromatic N) is 1. The van der Waals surface area contributed by atoms with Gasteiger partial charge in [0, 0.05) is 18.6 Å². The van der Waals surface area contributed by atoms with Crippen LogP contribution in [0.1, 0.15) is 53.3 Å². The quantitative estimate of drug-likeness (QED) is 0.0741. The molecule has 9 heteroatoms. The molecule has 0 saturated carbocycles. The van der Waals surface area contributed by atoms with Gasteiger partial charge < -0.3 is 23.7 Å². The third-order valence-corrected chi connectivity index (χ3v) is 8.72. The summed E-state index contributed by atoms with van der Waals surface area (Å²) in [5.74, 6) is -1.65. The third-order valence-electron chi connectivity index (χ3n) is 8.72. The van der Waals surface area contributed by atoms with Gasteiger partial charge in [-0.15, -0.1) is 0 Å². The molecule has 0 radical (unpaired) electrons. The molecule has 9 nitrogen and oxygen atoms in total. The SMILES string of the molecule is Cc1cccc(-c2cc(C(=O)[C@H](Cc3ccccc3)C(=O)N3C(=O)OC[C@H]3C(C)C)oc2CCCOC[C@@H](CO)OCc2ccccc2)c1.